The van der Waals surface area contributed by atoms with Crippen molar-refractivity contribution in [1.29, 1.82) is 0 Å². The molecule has 0 radical (unpaired) electrons. The molecule has 33 heavy (non-hydrogen) atoms. The van der Waals surface area contributed by atoms with E-state index in [9.17, 15) is 9.59 Å². The highest BCUT2D eigenvalue weighted by atomic mass is 16.2. The Morgan fingerprint density at radius 1 is 0.788 bits per heavy atom. The van der Waals surface area contributed by atoms with E-state index in [1.165, 1.54) is 0 Å². The Morgan fingerprint density at radius 2 is 1.33 bits per heavy atom. The molecule has 0 aliphatic carbocycles. The fraction of sp³-hybridized carbons (Fsp3) is 0.286. The molecule has 3 aromatic carbocycles. The average Bonchev–Trinajstić information content (AvgIpc) is 2.86. The Hall–Kier alpha value is -3.60. The van der Waals surface area contributed by atoms with Gasteiger partial charge in [-0.2, -0.15) is 0 Å². The van der Waals surface area contributed by atoms with E-state index in [4.69, 9.17) is 0 Å². The largest absolute Gasteiger partial charge is 0.368 e. The molecule has 0 bridgehead atoms. The molecule has 0 aromatic heterocycles. The van der Waals surface area contributed by atoms with Gasteiger partial charge >= 0.3 is 0 Å². The summed E-state index contributed by atoms with van der Waals surface area (Å²) in [6, 6.07) is 27.7. The standard InChI is InChI=1S/C28H31N3O2/c1-2-9-26(32)31-20-18-30(19-21-31)25-16-14-24(15-17-25)29-28(33)27(22-10-5-3-6-11-22)23-12-7-4-8-13-23/h3-8,10-17,27H,2,9,18-21H2,1H3,(H,29,33). The SMILES string of the molecule is CCCC(=O)N1CCN(c2ccc(NC(=O)C(c3ccccc3)c3ccccc3)cc2)CC1. The number of carbonyl (C=O) groups excluding carboxylic acids is 2. The van der Waals surface area contributed by atoms with Gasteiger partial charge in [-0.15, -0.1) is 0 Å². The monoisotopic (exact) mass is 441 g/mol. The van der Waals surface area contributed by atoms with Crippen LogP contribution in [0.4, 0.5) is 11.4 Å². The minimum absolute atomic E-state index is 0.0526. The first kappa shape index (κ1) is 22.6. The molecular formula is C28H31N3O2. The van der Waals surface area contributed by atoms with Crippen molar-refractivity contribution in [1.82, 2.24) is 4.90 Å². The molecule has 0 unspecified atom stereocenters. The van der Waals surface area contributed by atoms with E-state index < -0.39 is 0 Å². The third-order valence-electron chi connectivity index (χ3n) is 6.12. The number of rotatable bonds is 7. The van der Waals surface area contributed by atoms with Crippen molar-refractivity contribution in [2.24, 2.45) is 0 Å². The lowest BCUT2D eigenvalue weighted by Crippen LogP contribution is -2.48. The van der Waals surface area contributed by atoms with E-state index >= 15 is 0 Å². The van der Waals surface area contributed by atoms with Gasteiger partial charge in [-0.25, -0.2) is 0 Å². The molecule has 1 N–H and O–H groups in total. The number of hydrogen-bond donors (Lipinski definition) is 1. The topological polar surface area (TPSA) is 52.7 Å². The van der Waals surface area contributed by atoms with Gasteiger partial charge in [-0.3, -0.25) is 9.59 Å². The molecule has 0 atom stereocenters. The number of nitrogens with zero attached hydrogens (tertiary/aromatic N) is 2. The summed E-state index contributed by atoms with van der Waals surface area (Å²) < 4.78 is 0. The molecule has 0 spiro atoms. The first-order valence-electron chi connectivity index (χ1n) is 11.7. The van der Waals surface area contributed by atoms with Crippen molar-refractivity contribution in [3.63, 3.8) is 0 Å². The fourth-order valence-electron chi connectivity index (χ4n) is 4.34. The first-order chi connectivity index (χ1) is 16.2. The summed E-state index contributed by atoms with van der Waals surface area (Å²) in [6.07, 6.45) is 1.52. The average molecular weight is 442 g/mol. The Bertz CT molecular complexity index is 1000. The van der Waals surface area contributed by atoms with Gasteiger partial charge in [0.25, 0.3) is 0 Å². The second-order valence-electron chi connectivity index (χ2n) is 8.41. The van der Waals surface area contributed by atoms with Crippen molar-refractivity contribution in [3.8, 4) is 0 Å². The highest BCUT2D eigenvalue weighted by Gasteiger charge is 2.23. The molecule has 5 heteroatoms. The van der Waals surface area contributed by atoms with E-state index in [1.54, 1.807) is 0 Å². The molecule has 1 saturated heterocycles. The van der Waals surface area contributed by atoms with Crippen molar-refractivity contribution in [3.05, 3.63) is 96.1 Å². The smallest absolute Gasteiger partial charge is 0.236 e. The second-order valence-corrected chi connectivity index (χ2v) is 8.41. The van der Waals surface area contributed by atoms with E-state index in [1.807, 2.05) is 96.8 Å². The van der Waals surface area contributed by atoms with Crippen LogP contribution in [0.15, 0.2) is 84.9 Å². The molecule has 1 heterocycles. The number of benzene rings is 3. The molecular weight excluding hydrogens is 410 g/mol. The number of hydrogen-bond acceptors (Lipinski definition) is 3. The summed E-state index contributed by atoms with van der Waals surface area (Å²) in [6.45, 7) is 5.20. The quantitative estimate of drug-likeness (QED) is 0.567. The predicted octanol–water partition coefficient (Wildman–Crippen LogP) is 4.91. The maximum atomic E-state index is 13.3. The molecule has 2 amide bonds. The highest BCUT2D eigenvalue weighted by Crippen LogP contribution is 2.27. The zero-order chi connectivity index (χ0) is 23.0. The van der Waals surface area contributed by atoms with Crippen molar-refractivity contribution in [2.45, 2.75) is 25.7 Å². The van der Waals surface area contributed by atoms with E-state index in [2.05, 4.69) is 10.2 Å². The second kappa shape index (κ2) is 10.8. The van der Waals surface area contributed by atoms with Crippen LogP contribution in [-0.2, 0) is 9.59 Å². The molecule has 1 aliphatic rings. The van der Waals surface area contributed by atoms with Crippen LogP contribution in [-0.4, -0.2) is 42.9 Å². The number of piperazine rings is 1. The number of amides is 2. The summed E-state index contributed by atoms with van der Waals surface area (Å²) in [5, 5.41) is 3.09. The van der Waals surface area contributed by atoms with Crippen LogP contribution < -0.4 is 10.2 Å². The fourth-order valence-corrected chi connectivity index (χ4v) is 4.34. The predicted molar refractivity (Wildman–Crippen MR) is 133 cm³/mol. The lowest BCUT2D eigenvalue weighted by Gasteiger charge is -2.36. The van der Waals surface area contributed by atoms with Crippen molar-refractivity contribution < 1.29 is 9.59 Å². The molecule has 4 rings (SSSR count). The van der Waals surface area contributed by atoms with Crippen LogP contribution in [0.1, 0.15) is 36.8 Å². The highest BCUT2D eigenvalue weighted by molar-refractivity contribution is 5.98. The van der Waals surface area contributed by atoms with Crippen LogP contribution in [0.2, 0.25) is 0 Å². The lowest BCUT2D eigenvalue weighted by atomic mass is 9.90. The number of carbonyl (C=O) groups is 2. The van der Waals surface area contributed by atoms with Gasteiger partial charge in [-0.05, 0) is 41.8 Å². The summed E-state index contributed by atoms with van der Waals surface area (Å²) in [4.78, 5) is 29.7. The van der Waals surface area contributed by atoms with Crippen LogP contribution in [0.25, 0.3) is 0 Å². The molecule has 170 valence electrons. The normalized spacial score (nSPS) is 13.8. The van der Waals surface area contributed by atoms with Gasteiger partial charge in [0.1, 0.15) is 0 Å². The summed E-state index contributed by atoms with van der Waals surface area (Å²) in [5.41, 5.74) is 3.82. The van der Waals surface area contributed by atoms with Crippen molar-refractivity contribution in [2.75, 3.05) is 36.4 Å². The molecule has 3 aromatic rings. The Labute approximate surface area is 196 Å². The van der Waals surface area contributed by atoms with Gasteiger partial charge in [0.2, 0.25) is 11.8 Å². The number of nitrogens with one attached hydrogen (secondary N) is 1. The Morgan fingerprint density at radius 3 is 1.85 bits per heavy atom. The third kappa shape index (κ3) is 5.61. The van der Waals surface area contributed by atoms with Crippen LogP contribution >= 0.6 is 0 Å². The Balaban J connectivity index is 1.42. The number of anilines is 2. The molecule has 1 fully saturated rings. The lowest BCUT2D eigenvalue weighted by molar-refractivity contribution is -0.131. The van der Waals surface area contributed by atoms with Gasteiger partial charge < -0.3 is 15.1 Å². The third-order valence-corrected chi connectivity index (χ3v) is 6.12. The van der Waals surface area contributed by atoms with Gasteiger partial charge in [0.15, 0.2) is 0 Å². The zero-order valence-electron chi connectivity index (χ0n) is 19.1. The van der Waals surface area contributed by atoms with E-state index in [0.29, 0.717) is 6.42 Å². The summed E-state index contributed by atoms with van der Waals surface area (Å²) >= 11 is 0. The molecule has 0 saturated carbocycles. The molecule has 1 aliphatic heterocycles. The van der Waals surface area contributed by atoms with Crippen LogP contribution in [0.3, 0.4) is 0 Å². The van der Waals surface area contributed by atoms with Crippen molar-refractivity contribution >= 4 is 23.2 Å². The van der Waals surface area contributed by atoms with Gasteiger partial charge in [0.05, 0.1) is 5.92 Å². The van der Waals surface area contributed by atoms with Crippen LogP contribution in [0.5, 0.6) is 0 Å². The summed E-state index contributed by atoms with van der Waals surface area (Å²) in [5.74, 6) is -0.175. The van der Waals surface area contributed by atoms with Gasteiger partial charge in [0, 0.05) is 44.0 Å². The minimum atomic E-state index is -0.374. The zero-order valence-corrected chi connectivity index (χ0v) is 19.1. The first-order valence-corrected chi connectivity index (χ1v) is 11.7. The molecule has 5 nitrogen and oxygen atoms in total. The maximum Gasteiger partial charge on any atom is 0.236 e. The van der Waals surface area contributed by atoms with E-state index in [0.717, 1.165) is 55.1 Å². The van der Waals surface area contributed by atoms with Crippen LogP contribution in [0, 0.1) is 0 Å². The maximum absolute atomic E-state index is 13.3. The summed E-state index contributed by atoms with van der Waals surface area (Å²) in [7, 11) is 0. The minimum Gasteiger partial charge on any atom is -0.368 e. The Kier molecular flexibility index (Phi) is 7.40. The van der Waals surface area contributed by atoms with Gasteiger partial charge in [-0.1, -0.05) is 67.6 Å². The van der Waals surface area contributed by atoms with E-state index in [-0.39, 0.29) is 17.7 Å².